The van der Waals surface area contributed by atoms with E-state index in [1.807, 2.05) is 24.3 Å². The summed E-state index contributed by atoms with van der Waals surface area (Å²) in [7, 11) is -2.37. The Bertz CT molecular complexity index is 1490. The van der Waals surface area contributed by atoms with Crippen LogP contribution in [0.2, 0.25) is 0 Å². The average molecular weight is 492 g/mol. The first-order valence-electron chi connectivity index (χ1n) is 10.9. The van der Waals surface area contributed by atoms with Crippen LogP contribution in [-0.4, -0.2) is 35.2 Å². The van der Waals surface area contributed by atoms with E-state index in [9.17, 15) is 18.0 Å². The highest BCUT2D eigenvalue weighted by Crippen LogP contribution is 2.19. The lowest BCUT2D eigenvalue weighted by atomic mass is 10.2. The number of anilines is 1. The summed E-state index contributed by atoms with van der Waals surface area (Å²) in [6.45, 7) is 2.07. The Morgan fingerprint density at radius 1 is 0.971 bits per heavy atom. The average Bonchev–Trinajstić information content (AvgIpc) is 3.08. The van der Waals surface area contributed by atoms with Gasteiger partial charge in [0.05, 0.1) is 16.3 Å². The third-order valence-electron chi connectivity index (χ3n) is 5.61. The number of rotatable bonds is 8. The van der Waals surface area contributed by atoms with Crippen LogP contribution in [0.25, 0.3) is 5.69 Å². The summed E-state index contributed by atoms with van der Waals surface area (Å²) in [5.41, 5.74) is 1.75. The first-order valence-corrected chi connectivity index (χ1v) is 12.4. The third-order valence-corrected chi connectivity index (χ3v) is 6.98. The largest absolute Gasteiger partial charge is 0.352 e. The van der Waals surface area contributed by atoms with Crippen molar-refractivity contribution in [2.75, 3.05) is 11.3 Å². The summed E-state index contributed by atoms with van der Waals surface area (Å²) in [4.78, 5) is 29.6. The molecular formula is C25H25N5O4S. The molecule has 2 aromatic heterocycles. The molecule has 0 unspecified atom stereocenters. The van der Waals surface area contributed by atoms with Gasteiger partial charge < -0.3 is 5.32 Å². The molecule has 2 heterocycles. The van der Waals surface area contributed by atoms with Crippen molar-refractivity contribution >= 4 is 21.6 Å². The Kier molecular flexibility index (Phi) is 6.83. The SMILES string of the molecule is Cc1c(NS(=O)(=O)c2ccc(C(=O)NCCc3ccccn3)cc2)c(=O)n(-c2ccccc2)n1C. The summed E-state index contributed by atoms with van der Waals surface area (Å²) in [5, 5.41) is 2.79. The van der Waals surface area contributed by atoms with E-state index < -0.39 is 15.6 Å². The van der Waals surface area contributed by atoms with Gasteiger partial charge in [0.1, 0.15) is 5.69 Å². The van der Waals surface area contributed by atoms with E-state index >= 15 is 0 Å². The van der Waals surface area contributed by atoms with E-state index in [0.29, 0.717) is 29.9 Å². The van der Waals surface area contributed by atoms with Crippen LogP contribution >= 0.6 is 0 Å². The zero-order valence-corrected chi connectivity index (χ0v) is 20.1. The molecule has 0 bridgehead atoms. The quantitative estimate of drug-likeness (QED) is 0.393. The minimum atomic E-state index is -4.06. The highest BCUT2D eigenvalue weighted by atomic mass is 32.2. The van der Waals surface area contributed by atoms with Gasteiger partial charge in [0.15, 0.2) is 0 Å². The number of hydrogen-bond donors (Lipinski definition) is 2. The Morgan fingerprint density at radius 3 is 2.31 bits per heavy atom. The van der Waals surface area contributed by atoms with Crippen molar-refractivity contribution in [2.45, 2.75) is 18.2 Å². The monoisotopic (exact) mass is 491 g/mol. The van der Waals surface area contributed by atoms with E-state index in [4.69, 9.17) is 0 Å². The zero-order chi connectivity index (χ0) is 25.0. The number of carbonyl (C=O) groups excluding carboxylic acids is 1. The minimum absolute atomic E-state index is 0.0345. The number of amides is 1. The van der Waals surface area contributed by atoms with E-state index in [1.54, 1.807) is 49.1 Å². The van der Waals surface area contributed by atoms with Crippen LogP contribution in [0.5, 0.6) is 0 Å². The summed E-state index contributed by atoms with van der Waals surface area (Å²) < 4.78 is 31.4. The van der Waals surface area contributed by atoms with Gasteiger partial charge in [-0.25, -0.2) is 13.1 Å². The normalized spacial score (nSPS) is 11.3. The summed E-state index contributed by atoms with van der Waals surface area (Å²) in [6.07, 6.45) is 2.28. The number of hydrogen-bond acceptors (Lipinski definition) is 5. The van der Waals surface area contributed by atoms with Gasteiger partial charge in [-0.1, -0.05) is 24.3 Å². The molecular weight excluding hydrogens is 466 g/mol. The molecule has 0 aliphatic rings. The lowest BCUT2D eigenvalue weighted by Crippen LogP contribution is -2.26. The molecule has 10 heteroatoms. The lowest BCUT2D eigenvalue weighted by Gasteiger charge is -2.09. The first-order chi connectivity index (χ1) is 16.8. The highest BCUT2D eigenvalue weighted by molar-refractivity contribution is 7.92. The maximum absolute atomic E-state index is 13.0. The number of carbonyl (C=O) groups is 1. The first kappa shape index (κ1) is 24.0. The molecule has 2 N–H and O–H groups in total. The van der Waals surface area contributed by atoms with Crippen molar-refractivity contribution in [3.05, 3.63) is 106 Å². The number of benzene rings is 2. The lowest BCUT2D eigenvalue weighted by molar-refractivity contribution is 0.0954. The summed E-state index contributed by atoms with van der Waals surface area (Å²) in [6, 6.07) is 20.1. The van der Waals surface area contributed by atoms with Crippen LogP contribution in [0.1, 0.15) is 21.7 Å². The van der Waals surface area contributed by atoms with Gasteiger partial charge in [0, 0.05) is 37.5 Å². The minimum Gasteiger partial charge on any atom is -0.352 e. The van der Waals surface area contributed by atoms with Crippen molar-refractivity contribution in [1.29, 1.82) is 0 Å². The van der Waals surface area contributed by atoms with Crippen molar-refractivity contribution in [2.24, 2.45) is 7.05 Å². The smallest absolute Gasteiger partial charge is 0.296 e. The predicted octanol–water partition coefficient (Wildman–Crippen LogP) is 2.65. The predicted molar refractivity (Wildman–Crippen MR) is 133 cm³/mol. The molecule has 0 saturated carbocycles. The van der Waals surface area contributed by atoms with E-state index in [2.05, 4.69) is 15.0 Å². The maximum Gasteiger partial charge on any atom is 0.296 e. The molecule has 35 heavy (non-hydrogen) atoms. The van der Waals surface area contributed by atoms with Gasteiger partial charge >= 0.3 is 0 Å². The molecule has 0 saturated heterocycles. The molecule has 0 aliphatic carbocycles. The van der Waals surface area contributed by atoms with Gasteiger partial charge in [-0.05, 0) is 55.5 Å². The second kappa shape index (κ2) is 9.98. The fourth-order valence-electron chi connectivity index (χ4n) is 3.62. The zero-order valence-electron chi connectivity index (χ0n) is 19.3. The molecule has 0 fully saturated rings. The molecule has 2 aromatic carbocycles. The van der Waals surface area contributed by atoms with Crippen LogP contribution < -0.4 is 15.6 Å². The number of aromatic nitrogens is 3. The van der Waals surface area contributed by atoms with Crippen molar-refractivity contribution in [3.63, 3.8) is 0 Å². The fraction of sp³-hybridized carbons (Fsp3) is 0.160. The van der Waals surface area contributed by atoms with Crippen LogP contribution in [0.4, 0.5) is 5.69 Å². The van der Waals surface area contributed by atoms with Gasteiger partial charge in [0.2, 0.25) is 0 Å². The summed E-state index contributed by atoms with van der Waals surface area (Å²) >= 11 is 0. The molecule has 0 radical (unpaired) electrons. The van der Waals surface area contributed by atoms with Gasteiger partial charge in [-0.15, -0.1) is 0 Å². The van der Waals surface area contributed by atoms with Crippen molar-refractivity contribution in [3.8, 4) is 5.69 Å². The van der Waals surface area contributed by atoms with Crippen molar-refractivity contribution < 1.29 is 13.2 Å². The van der Waals surface area contributed by atoms with Crippen molar-refractivity contribution in [1.82, 2.24) is 19.7 Å². The molecule has 0 atom stereocenters. The number of sulfonamides is 1. The van der Waals surface area contributed by atoms with Crippen LogP contribution in [0.3, 0.4) is 0 Å². The van der Waals surface area contributed by atoms with E-state index in [0.717, 1.165) is 5.69 Å². The fourth-order valence-corrected chi connectivity index (χ4v) is 4.73. The molecule has 4 rings (SSSR count). The molecule has 0 aliphatic heterocycles. The Labute approximate surface area is 203 Å². The van der Waals surface area contributed by atoms with Gasteiger partial charge in [0.25, 0.3) is 21.5 Å². The third kappa shape index (κ3) is 5.17. The number of pyridine rings is 1. The van der Waals surface area contributed by atoms with E-state index in [-0.39, 0.29) is 16.5 Å². The molecule has 4 aromatic rings. The van der Waals surface area contributed by atoms with Crippen LogP contribution in [-0.2, 0) is 23.5 Å². The number of nitrogens with one attached hydrogen (secondary N) is 2. The maximum atomic E-state index is 13.0. The second-order valence-electron chi connectivity index (χ2n) is 7.89. The molecule has 9 nitrogen and oxygen atoms in total. The molecule has 1 amide bonds. The van der Waals surface area contributed by atoms with Crippen LogP contribution in [0, 0.1) is 6.92 Å². The Morgan fingerprint density at radius 2 is 1.66 bits per heavy atom. The summed E-state index contributed by atoms with van der Waals surface area (Å²) in [5.74, 6) is -0.317. The molecule has 180 valence electrons. The van der Waals surface area contributed by atoms with Gasteiger partial charge in [-0.3, -0.25) is 24.0 Å². The topological polar surface area (TPSA) is 115 Å². The standard InChI is InChI=1S/C25H25N5O4S/c1-18-23(25(32)30(29(18)2)21-9-4-3-5-10-21)28-35(33,34)22-13-11-19(12-14-22)24(31)27-17-15-20-8-6-7-16-26-20/h3-14,16,28H,15,17H2,1-2H3,(H,27,31). The number of para-hydroxylation sites is 1. The molecule has 0 spiro atoms. The Hall–Kier alpha value is -4.18. The second-order valence-corrected chi connectivity index (χ2v) is 9.58. The number of nitrogens with zero attached hydrogens (tertiary/aromatic N) is 3. The van der Waals surface area contributed by atoms with E-state index in [1.165, 1.54) is 28.9 Å². The Balaban J connectivity index is 1.48. The highest BCUT2D eigenvalue weighted by Gasteiger charge is 2.22. The van der Waals surface area contributed by atoms with Crippen LogP contribution in [0.15, 0.2) is 88.7 Å². The van der Waals surface area contributed by atoms with Gasteiger partial charge in [-0.2, -0.15) is 0 Å².